The predicted molar refractivity (Wildman–Crippen MR) is 87.4 cm³/mol. The van der Waals surface area contributed by atoms with Crippen molar-refractivity contribution >= 4 is 5.69 Å². The third-order valence-corrected chi connectivity index (χ3v) is 4.16. The molecule has 21 heavy (non-hydrogen) atoms. The van der Waals surface area contributed by atoms with Gasteiger partial charge in [0.1, 0.15) is 0 Å². The SMILES string of the molecule is Cc1cccnc1CNCc1ccccc1N1CCCC1. The molecule has 1 N–H and O–H groups in total. The molecule has 0 atom stereocenters. The number of pyridine rings is 1. The third-order valence-electron chi connectivity index (χ3n) is 4.16. The quantitative estimate of drug-likeness (QED) is 0.911. The zero-order chi connectivity index (χ0) is 14.5. The van der Waals surface area contributed by atoms with E-state index in [4.69, 9.17) is 0 Å². The summed E-state index contributed by atoms with van der Waals surface area (Å²) in [6.45, 7) is 6.21. The molecule has 3 nitrogen and oxygen atoms in total. The molecule has 3 rings (SSSR count). The molecule has 3 heteroatoms. The van der Waals surface area contributed by atoms with Crippen LogP contribution in [0.2, 0.25) is 0 Å². The number of benzene rings is 1. The van der Waals surface area contributed by atoms with E-state index >= 15 is 0 Å². The van der Waals surface area contributed by atoms with Crippen LogP contribution in [-0.4, -0.2) is 18.1 Å². The van der Waals surface area contributed by atoms with Gasteiger partial charge in [-0.2, -0.15) is 0 Å². The van der Waals surface area contributed by atoms with Crippen molar-refractivity contribution in [2.24, 2.45) is 0 Å². The molecule has 2 heterocycles. The van der Waals surface area contributed by atoms with Crippen LogP contribution in [0.3, 0.4) is 0 Å². The molecule has 0 saturated carbocycles. The van der Waals surface area contributed by atoms with Crippen LogP contribution in [0.15, 0.2) is 42.6 Å². The number of para-hydroxylation sites is 1. The summed E-state index contributed by atoms with van der Waals surface area (Å²) < 4.78 is 0. The highest BCUT2D eigenvalue weighted by atomic mass is 15.1. The van der Waals surface area contributed by atoms with E-state index in [9.17, 15) is 0 Å². The molecule has 1 fully saturated rings. The Morgan fingerprint density at radius 3 is 2.67 bits per heavy atom. The topological polar surface area (TPSA) is 28.2 Å². The average Bonchev–Trinajstić information content (AvgIpc) is 3.04. The zero-order valence-electron chi connectivity index (χ0n) is 12.7. The lowest BCUT2D eigenvalue weighted by molar-refractivity contribution is 0.674. The van der Waals surface area contributed by atoms with Crippen LogP contribution in [0.4, 0.5) is 5.69 Å². The van der Waals surface area contributed by atoms with Gasteiger partial charge in [-0.1, -0.05) is 24.3 Å². The predicted octanol–water partition coefficient (Wildman–Crippen LogP) is 3.28. The van der Waals surface area contributed by atoms with Gasteiger partial charge in [-0.05, 0) is 43.0 Å². The van der Waals surface area contributed by atoms with Crippen LogP contribution in [0, 0.1) is 6.92 Å². The summed E-state index contributed by atoms with van der Waals surface area (Å²) in [5.74, 6) is 0. The van der Waals surface area contributed by atoms with E-state index in [2.05, 4.69) is 52.5 Å². The molecule has 0 radical (unpaired) electrons. The fraction of sp³-hybridized carbons (Fsp3) is 0.389. The van der Waals surface area contributed by atoms with E-state index in [0.717, 1.165) is 18.8 Å². The zero-order valence-corrected chi connectivity index (χ0v) is 12.7. The Labute approximate surface area is 127 Å². The number of nitrogens with one attached hydrogen (secondary N) is 1. The molecular weight excluding hydrogens is 258 g/mol. The van der Waals surface area contributed by atoms with Gasteiger partial charge in [-0.25, -0.2) is 0 Å². The van der Waals surface area contributed by atoms with Crippen molar-refractivity contribution in [2.45, 2.75) is 32.9 Å². The number of hydrogen-bond donors (Lipinski definition) is 1. The monoisotopic (exact) mass is 281 g/mol. The first-order valence-corrected chi connectivity index (χ1v) is 7.78. The Balaban J connectivity index is 1.64. The minimum atomic E-state index is 0.820. The summed E-state index contributed by atoms with van der Waals surface area (Å²) >= 11 is 0. The van der Waals surface area contributed by atoms with E-state index in [-0.39, 0.29) is 0 Å². The minimum Gasteiger partial charge on any atom is -0.371 e. The Morgan fingerprint density at radius 2 is 1.86 bits per heavy atom. The number of rotatable bonds is 5. The molecular formula is C18H23N3. The normalized spacial score (nSPS) is 14.6. The van der Waals surface area contributed by atoms with Crippen molar-refractivity contribution in [3.05, 3.63) is 59.4 Å². The fourth-order valence-corrected chi connectivity index (χ4v) is 2.95. The van der Waals surface area contributed by atoms with Crippen LogP contribution in [-0.2, 0) is 13.1 Å². The second kappa shape index (κ2) is 6.72. The molecule has 1 aromatic heterocycles. The molecule has 1 aliphatic rings. The lowest BCUT2D eigenvalue weighted by Crippen LogP contribution is -2.22. The summed E-state index contributed by atoms with van der Waals surface area (Å²) in [4.78, 5) is 6.94. The van der Waals surface area contributed by atoms with Crippen LogP contribution in [0.1, 0.15) is 29.7 Å². The standard InChI is InChI=1S/C18H23N3/c1-15-7-6-10-20-17(15)14-19-13-16-8-2-3-9-18(16)21-11-4-5-12-21/h2-3,6-10,19H,4-5,11-14H2,1H3. The lowest BCUT2D eigenvalue weighted by Gasteiger charge is -2.21. The highest BCUT2D eigenvalue weighted by molar-refractivity contribution is 5.54. The van der Waals surface area contributed by atoms with E-state index in [0.29, 0.717) is 0 Å². The molecule has 0 aliphatic carbocycles. The first-order valence-electron chi connectivity index (χ1n) is 7.78. The van der Waals surface area contributed by atoms with Gasteiger partial charge in [0.05, 0.1) is 5.69 Å². The number of hydrogen-bond acceptors (Lipinski definition) is 3. The highest BCUT2D eigenvalue weighted by Gasteiger charge is 2.14. The van der Waals surface area contributed by atoms with Gasteiger partial charge in [-0.15, -0.1) is 0 Å². The van der Waals surface area contributed by atoms with E-state index in [1.54, 1.807) is 0 Å². The Hall–Kier alpha value is -1.87. The van der Waals surface area contributed by atoms with Crippen molar-refractivity contribution in [1.82, 2.24) is 10.3 Å². The molecule has 0 amide bonds. The van der Waals surface area contributed by atoms with Crippen LogP contribution >= 0.6 is 0 Å². The van der Waals surface area contributed by atoms with Crippen molar-refractivity contribution in [1.29, 1.82) is 0 Å². The number of aryl methyl sites for hydroxylation is 1. The van der Waals surface area contributed by atoms with Crippen LogP contribution < -0.4 is 10.2 Å². The minimum absolute atomic E-state index is 0.820. The Kier molecular flexibility index (Phi) is 4.51. The first kappa shape index (κ1) is 14.1. The Bertz CT molecular complexity index is 589. The van der Waals surface area contributed by atoms with Gasteiger partial charge < -0.3 is 10.2 Å². The van der Waals surface area contributed by atoms with Crippen molar-refractivity contribution in [2.75, 3.05) is 18.0 Å². The van der Waals surface area contributed by atoms with Crippen molar-refractivity contribution < 1.29 is 0 Å². The summed E-state index contributed by atoms with van der Waals surface area (Å²) in [6, 6.07) is 12.8. The van der Waals surface area contributed by atoms with E-state index in [1.165, 1.54) is 42.7 Å². The van der Waals surface area contributed by atoms with Gasteiger partial charge in [0.2, 0.25) is 0 Å². The van der Waals surface area contributed by atoms with Crippen molar-refractivity contribution in [3.8, 4) is 0 Å². The molecule has 1 aromatic carbocycles. The van der Waals surface area contributed by atoms with Gasteiger partial charge in [0, 0.05) is 38.1 Å². The maximum Gasteiger partial charge on any atom is 0.0570 e. The summed E-state index contributed by atoms with van der Waals surface area (Å²) in [7, 11) is 0. The smallest absolute Gasteiger partial charge is 0.0570 e. The van der Waals surface area contributed by atoms with Crippen molar-refractivity contribution in [3.63, 3.8) is 0 Å². The third kappa shape index (κ3) is 3.42. The number of anilines is 1. The molecule has 110 valence electrons. The van der Waals surface area contributed by atoms with Gasteiger partial charge in [0.15, 0.2) is 0 Å². The van der Waals surface area contributed by atoms with Crippen LogP contribution in [0.25, 0.3) is 0 Å². The maximum atomic E-state index is 4.44. The second-order valence-electron chi connectivity index (χ2n) is 5.69. The van der Waals surface area contributed by atoms with E-state index in [1.807, 2.05) is 12.3 Å². The van der Waals surface area contributed by atoms with E-state index < -0.39 is 0 Å². The maximum absolute atomic E-state index is 4.44. The lowest BCUT2D eigenvalue weighted by atomic mass is 10.1. The Morgan fingerprint density at radius 1 is 1.05 bits per heavy atom. The molecule has 1 saturated heterocycles. The molecule has 0 unspecified atom stereocenters. The molecule has 1 aliphatic heterocycles. The molecule has 0 spiro atoms. The summed E-state index contributed by atoms with van der Waals surface area (Å²) in [5, 5.41) is 3.53. The summed E-state index contributed by atoms with van der Waals surface area (Å²) in [5.41, 5.74) is 5.15. The molecule has 2 aromatic rings. The average molecular weight is 281 g/mol. The first-order chi connectivity index (χ1) is 10.3. The van der Waals surface area contributed by atoms with Gasteiger partial charge in [0.25, 0.3) is 0 Å². The van der Waals surface area contributed by atoms with Gasteiger partial charge in [-0.3, -0.25) is 4.98 Å². The number of nitrogens with zero attached hydrogens (tertiary/aromatic N) is 2. The molecule has 0 bridgehead atoms. The fourth-order valence-electron chi connectivity index (χ4n) is 2.95. The van der Waals surface area contributed by atoms with Crippen LogP contribution in [0.5, 0.6) is 0 Å². The highest BCUT2D eigenvalue weighted by Crippen LogP contribution is 2.24. The largest absolute Gasteiger partial charge is 0.371 e. The second-order valence-corrected chi connectivity index (χ2v) is 5.69. The number of aromatic nitrogens is 1. The summed E-state index contributed by atoms with van der Waals surface area (Å²) in [6.07, 6.45) is 4.49. The van der Waals surface area contributed by atoms with Gasteiger partial charge >= 0.3 is 0 Å².